The number of nitrogens with zero attached hydrogens (tertiary/aromatic N) is 1. The summed E-state index contributed by atoms with van der Waals surface area (Å²) in [4.78, 5) is 28.5. The number of hydrogen-bond donors (Lipinski definition) is 1. The van der Waals surface area contributed by atoms with Gasteiger partial charge in [-0.2, -0.15) is 0 Å². The molecule has 4 nitrogen and oxygen atoms in total. The van der Waals surface area contributed by atoms with E-state index in [0.717, 1.165) is 17.0 Å². The number of thiophene rings is 1. The Hall–Kier alpha value is -3.06. The SMILES string of the molecule is CN1C(=O)c2ccccc2[C@@H](C(=O)Nc2ccc(F)cc2F)[C@H]1c1cccs1. The Kier molecular flexibility index (Phi) is 4.68. The van der Waals surface area contributed by atoms with Crippen LogP contribution >= 0.6 is 11.3 Å². The van der Waals surface area contributed by atoms with Gasteiger partial charge in [-0.3, -0.25) is 9.59 Å². The van der Waals surface area contributed by atoms with E-state index in [1.165, 1.54) is 17.4 Å². The molecule has 1 aliphatic heterocycles. The number of halogens is 2. The number of rotatable bonds is 3. The standard InChI is InChI=1S/C21H16F2N2O2S/c1-25-19(17-7-4-10-28-17)18(13-5-2-3-6-14(13)21(25)27)20(26)24-16-9-8-12(22)11-15(16)23/h2-11,18-19H,1H3,(H,24,26)/t18-,19-/m1/s1. The Balaban J connectivity index is 1.79. The molecule has 0 saturated heterocycles. The van der Waals surface area contributed by atoms with Crippen molar-refractivity contribution in [3.63, 3.8) is 0 Å². The van der Waals surface area contributed by atoms with E-state index in [1.54, 1.807) is 36.2 Å². The minimum Gasteiger partial charge on any atom is -0.333 e. The second kappa shape index (κ2) is 7.16. The molecular weight excluding hydrogens is 382 g/mol. The molecule has 4 rings (SSSR count). The Morgan fingerprint density at radius 1 is 1.11 bits per heavy atom. The molecule has 2 amide bonds. The highest BCUT2D eigenvalue weighted by Gasteiger charge is 2.43. The van der Waals surface area contributed by atoms with Crippen molar-refractivity contribution in [3.8, 4) is 0 Å². The largest absolute Gasteiger partial charge is 0.333 e. The van der Waals surface area contributed by atoms with Crippen LogP contribution in [-0.4, -0.2) is 23.8 Å². The molecular formula is C21H16F2N2O2S. The van der Waals surface area contributed by atoms with Crippen molar-refractivity contribution in [1.29, 1.82) is 0 Å². The molecule has 0 aliphatic carbocycles. The van der Waals surface area contributed by atoms with E-state index in [4.69, 9.17) is 0 Å². The fourth-order valence-electron chi connectivity index (χ4n) is 3.57. The molecule has 1 aliphatic rings. The lowest BCUT2D eigenvalue weighted by molar-refractivity contribution is -0.119. The van der Waals surface area contributed by atoms with Gasteiger partial charge in [0.05, 0.1) is 17.6 Å². The predicted octanol–water partition coefficient (Wildman–Crippen LogP) is 4.58. The van der Waals surface area contributed by atoms with Gasteiger partial charge in [0.2, 0.25) is 5.91 Å². The van der Waals surface area contributed by atoms with Crippen molar-refractivity contribution < 1.29 is 18.4 Å². The topological polar surface area (TPSA) is 49.4 Å². The molecule has 0 spiro atoms. The maximum atomic E-state index is 14.1. The van der Waals surface area contributed by atoms with Crippen LogP contribution in [0.15, 0.2) is 60.0 Å². The monoisotopic (exact) mass is 398 g/mol. The van der Waals surface area contributed by atoms with Crippen LogP contribution in [-0.2, 0) is 4.79 Å². The maximum Gasteiger partial charge on any atom is 0.254 e. The molecule has 7 heteroatoms. The van der Waals surface area contributed by atoms with Crippen molar-refractivity contribution in [2.45, 2.75) is 12.0 Å². The van der Waals surface area contributed by atoms with Gasteiger partial charge in [0, 0.05) is 23.6 Å². The van der Waals surface area contributed by atoms with Crippen LogP contribution in [0.3, 0.4) is 0 Å². The van der Waals surface area contributed by atoms with Gasteiger partial charge in [-0.25, -0.2) is 8.78 Å². The third kappa shape index (κ3) is 3.07. The number of carbonyl (C=O) groups excluding carboxylic acids is 2. The number of amides is 2. The minimum absolute atomic E-state index is 0.103. The van der Waals surface area contributed by atoms with Gasteiger partial charge in [-0.15, -0.1) is 11.3 Å². The summed E-state index contributed by atoms with van der Waals surface area (Å²) < 4.78 is 27.2. The third-order valence-corrected chi connectivity index (χ3v) is 5.83. The van der Waals surface area contributed by atoms with Crippen LogP contribution in [0.2, 0.25) is 0 Å². The summed E-state index contributed by atoms with van der Waals surface area (Å²) in [5.74, 6) is -2.95. The summed E-state index contributed by atoms with van der Waals surface area (Å²) in [5.41, 5.74) is 0.926. The number of likely N-dealkylation sites (N-methyl/N-ethyl adjacent to an activating group) is 1. The van der Waals surface area contributed by atoms with Gasteiger partial charge < -0.3 is 10.2 Å². The summed E-state index contributed by atoms with van der Waals surface area (Å²) in [6.45, 7) is 0. The molecule has 3 aromatic rings. The zero-order valence-electron chi connectivity index (χ0n) is 14.9. The lowest BCUT2D eigenvalue weighted by Crippen LogP contribution is -2.43. The second-order valence-corrected chi connectivity index (χ2v) is 7.53. The average molecular weight is 398 g/mol. The Morgan fingerprint density at radius 3 is 2.61 bits per heavy atom. The molecule has 142 valence electrons. The Labute approximate surface area is 164 Å². The highest BCUT2D eigenvalue weighted by molar-refractivity contribution is 7.10. The van der Waals surface area contributed by atoms with E-state index in [0.29, 0.717) is 11.1 Å². The van der Waals surface area contributed by atoms with Crippen molar-refractivity contribution in [1.82, 2.24) is 4.90 Å². The van der Waals surface area contributed by atoms with Crippen LogP contribution < -0.4 is 5.32 Å². The quantitative estimate of drug-likeness (QED) is 0.702. The third-order valence-electron chi connectivity index (χ3n) is 4.89. The van der Waals surface area contributed by atoms with Crippen LogP contribution in [0.1, 0.15) is 32.8 Å². The van der Waals surface area contributed by atoms with Gasteiger partial charge in [-0.1, -0.05) is 24.3 Å². The van der Waals surface area contributed by atoms with E-state index in [1.807, 2.05) is 17.5 Å². The molecule has 0 saturated carbocycles. The molecule has 2 aromatic carbocycles. The Morgan fingerprint density at radius 2 is 1.89 bits per heavy atom. The van der Waals surface area contributed by atoms with E-state index < -0.39 is 29.5 Å². The van der Waals surface area contributed by atoms with Crippen molar-refractivity contribution >= 4 is 28.8 Å². The van der Waals surface area contributed by atoms with E-state index in [9.17, 15) is 18.4 Å². The number of carbonyl (C=O) groups is 2. The zero-order chi connectivity index (χ0) is 19.8. The molecule has 2 heterocycles. The van der Waals surface area contributed by atoms with Gasteiger partial charge in [0.25, 0.3) is 5.91 Å². The normalized spacial score (nSPS) is 18.7. The summed E-state index contributed by atoms with van der Waals surface area (Å²) in [6, 6.07) is 13.1. The summed E-state index contributed by atoms with van der Waals surface area (Å²) in [6.07, 6.45) is 0. The summed E-state index contributed by atoms with van der Waals surface area (Å²) in [5, 5.41) is 4.44. The molecule has 28 heavy (non-hydrogen) atoms. The first-order chi connectivity index (χ1) is 13.5. The molecule has 0 radical (unpaired) electrons. The van der Waals surface area contributed by atoms with Gasteiger partial charge in [0.15, 0.2) is 0 Å². The number of anilines is 1. The first-order valence-electron chi connectivity index (χ1n) is 8.63. The molecule has 1 aromatic heterocycles. The molecule has 0 fully saturated rings. The van der Waals surface area contributed by atoms with Crippen molar-refractivity contribution in [3.05, 3.63) is 87.6 Å². The van der Waals surface area contributed by atoms with Gasteiger partial charge in [-0.05, 0) is 35.2 Å². The van der Waals surface area contributed by atoms with Gasteiger partial charge in [0.1, 0.15) is 11.6 Å². The van der Waals surface area contributed by atoms with Crippen LogP contribution in [0.25, 0.3) is 0 Å². The highest BCUT2D eigenvalue weighted by Crippen LogP contribution is 2.43. The number of benzene rings is 2. The number of fused-ring (bicyclic) bond motifs is 1. The van der Waals surface area contributed by atoms with E-state index in [-0.39, 0.29) is 11.6 Å². The average Bonchev–Trinajstić information content (AvgIpc) is 3.21. The first kappa shape index (κ1) is 18.3. The number of hydrogen-bond acceptors (Lipinski definition) is 3. The maximum absolute atomic E-state index is 14.1. The molecule has 0 bridgehead atoms. The summed E-state index contributed by atoms with van der Waals surface area (Å²) in [7, 11) is 1.65. The van der Waals surface area contributed by atoms with Crippen LogP contribution in [0, 0.1) is 11.6 Å². The van der Waals surface area contributed by atoms with Crippen molar-refractivity contribution in [2.75, 3.05) is 12.4 Å². The van der Waals surface area contributed by atoms with E-state index >= 15 is 0 Å². The molecule has 1 N–H and O–H groups in total. The smallest absolute Gasteiger partial charge is 0.254 e. The zero-order valence-corrected chi connectivity index (χ0v) is 15.7. The minimum atomic E-state index is -0.852. The second-order valence-electron chi connectivity index (χ2n) is 6.55. The van der Waals surface area contributed by atoms with Crippen LogP contribution in [0.5, 0.6) is 0 Å². The fraction of sp³-hybridized carbons (Fsp3) is 0.143. The van der Waals surface area contributed by atoms with Gasteiger partial charge >= 0.3 is 0 Å². The fourth-order valence-corrected chi connectivity index (χ4v) is 4.48. The highest BCUT2D eigenvalue weighted by atomic mass is 32.1. The van der Waals surface area contributed by atoms with E-state index in [2.05, 4.69) is 5.32 Å². The van der Waals surface area contributed by atoms with Crippen molar-refractivity contribution in [2.24, 2.45) is 0 Å². The number of nitrogens with one attached hydrogen (secondary N) is 1. The predicted molar refractivity (Wildman–Crippen MR) is 103 cm³/mol. The Bertz CT molecular complexity index is 1050. The lowest BCUT2D eigenvalue weighted by Gasteiger charge is -2.39. The summed E-state index contributed by atoms with van der Waals surface area (Å²) >= 11 is 1.44. The van der Waals surface area contributed by atoms with Crippen LogP contribution in [0.4, 0.5) is 14.5 Å². The lowest BCUT2D eigenvalue weighted by atomic mass is 9.81. The molecule has 0 unspecified atom stereocenters. The molecule has 2 atom stereocenters. The first-order valence-corrected chi connectivity index (χ1v) is 9.50.